The zero-order valence-electron chi connectivity index (χ0n) is 14.2. The zero-order valence-corrected chi connectivity index (χ0v) is 15.0. The van der Waals surface area contributed by atoms with Gasteiger partial charge in [0.15, 0.2) is 6.61 Å². The van der Waals surface area contributed by atoms with Crippen LogP contribution < -0.4 is 10.1 Å². The van der Waals surface area contributed by atoms with Gasteiger partial charge in [-0.1, -0.05) is 0 Å². The Bertz CT molecular complexity index is 699. The third-order valence-electron chi connectivity index (χ3n) is 5.37. The van der Waals surface area contributed by atoms with Gasteiger partial charge in [-0.25, -0.2) is 0 Å². The molecule has 2 aromatic heterocycles. The van der Waals surface area contributed by atoms with Crippen LogP contribution in [0.25, 0.3) is 0 Å². The molecule has 5 nitrogen and oxygen atoms in total. The Balaban J connectivity index is 1.44. The number of aromatic nitrogens is 1. The van der Waals surface area contributed by atoms with Crippen LogP contribution in [-0.2, 0) is 11.3 Å². The van der Waals surface area contributed by atoms with Gasteiger partial charge in [-0.05, 0) is 72.3 Å². The van der Waals surface area contributed by atoms with Crippen LogP contribution in [0.5, 0.6) is 5.75 Å². The highest BCUT2D eigenvalue weighted by Gasteiger charge is 2.57. The summed E-state index contributed by atoms with van der Waals surface area (Å²) in [6.07, 6.45) is 6.78. The predicted molar refractivity (Wildman–Crippen MR) is 97.5 cm³/mol. The van der Waals surface area contributed by atoms with Gasteiger partial charge >= 0.3 is 0 Å². The fraction of sp³-hybridized carbons (Fsp3) is 0.474. The van der Waals surface area contributed by atoms with Crippen LogP contribution in [0, 0.1) is 5.41 Å². The summed E-state index contributed by atoms with van der Waals surface area (Å²) >= 11 is 1.68. The number of amides is 1. The van der Waals surface area contributed by atoms with Crippen LogP contribution >= 0.6 is 11.3 Å². The van der Waals surface area contributed by atoms with Crippen molar-refractivity contribution in [1.29, 1.82) is 0 Å². The second-order valence-corrected chi connectivity index (χ2v) is 7.74. The summed E-state index contributed by atoms with van der Waals surface area (Å²) in [4.78, 5) is 19.0. The van der Waals surface area contributed by atoms with Gasteiger partial charge in [0.05, 0.1) is 6.20 Å². The Hall–Kier alpha value is -1.92. The molecule has 132 valence electrons. The largest absolute Gasteiger partial charge is 0.482 e. The molecule has 1 spiro atoms. The monoisotopic (exact) mass is 357 g/mol. The minimum absolute atomic E-state index is 0.0652. The predicted octanol–water partition coefficient (Wildman–Crippen LogP) is 2.69. The highest BCUT2D eigenvalue weighted by Crippen LogP contribution is 2.56. The fourth-order valence-electron chi connectivity index (χ4n) is 3.84. The summed E-state index contributed by atoms with van der Waals surface area (Å²) in [5.74, 6) is 0.703. The summed E-state index contributed by atoms with van der Waals surface area (Å²) in [5.41, 5.74) is 1.53. The summed E-state index contributed by atoms with van der Waals surface area (Å²) in [7, 11) is 0. The highest BCUT2D eigenvalue weighted by atomic mass is 32.1. The van der Waals surface area contributed by atoms with E-state index in [4.69, 9.17) is 4.74 Å². The van der Waals surface area contributed by atoms with Crippen LogP contribution in [0.2, 0.25) is 0 Å². The lowest BCUT2D eigenvalue weighted by atomic mass is 9.93. The number of carbonyl (C=O) groups excluding carboxylic acids is 1. The number of nitrogens with zero attached hydrogens (tertiary/aromatic N) is 2. The molecule has 1 aliphatic carbocycles. The Labute approximate surface area is 152 Å². The molecule has 0 aromatic carbocycles. The molecule has 1 saturated heterocycles. The number of hydrogen-bond acceptors (Lipinski definition) is 5. The number of nitrogens with one attached hydrogen (secondary N) is 1. The summed E-state index contributed by atoms with van der Waals surface area (Å²) < 4.78 is 5.66. The lowest BCUT2D eigenvalue weighted by Gasteiger charge is -2.29. The van der Waals surface area contributed by atoms with E-state index in [1.54, 1.807) is 23.7 Å². The number of pyridine rings is 1. The molecule has 0 bridgehead atoms. The van der Waals surface area contributed by atoms with Crippen molar-refractivity contribution in [2.45, 2.75) is 31.8 Å². The maximum Gasteiger partial charge on any atom is 0.261 e. The summed E-state index contributed by atoms with van der Waals surface area (Å²) in [6, 6.07) is 6.09. The molecule has 0 unspecified atom stereocenters. The second kappa shape index (κ2) is 7.14. The molecule has 2 fully saturated rings. The quantitative estimate of drug-likeness (QED) is 0.864. The van der Waals surface area contributed by atoms with Gasteiger partial charge in [0.25, 0.3) is 5.91 Å². The van der Waals surface area contributed by atoms with Crippen molar-refractivity contribution in [2.24, 2.45) is 5.41 Å². The van der Waals surface area contributed by atoms with Crippen molar-refractivity contribution in [3.8, 4) is 5.75 Å². The molecule has 1 amide bonds. The van der Waals surface area contributed by atoms with Crippen molar-refractivity contribution in [3.63, 3.8) is 0 Å². The van der Waals surface area contributed by atoms with Crippen LogP contribution in [0.15, 0.2) is 41.4 Å². The minimum atomic E-state index is 0.0652. The van der Waals surface area contributed by atoms with Crippen LogP contribution in [0.4, 0.5) is 0 Å². The van der Waals surface area contributed by atoms with Gasteiger partial charge < -0.3 is 15.0 Å². The van der Waals surface area contributed by atoms with Crippen molar-refractivity contribution in [3.05, 3.63) is 46.9 Å². The molecule has 25 heavy (non-hydrogen) atoms. The molecule has 1 N–H and O–H groups in total. The minimum Gasteiger partial charge on any atom is -0.482 e. The molecule has 1 aliphatic heterocycles. The Kier molecular flexibility index (Phi) is 4.72. The standard InChI is InChI=1S/C19H23N3O2S/c23-18(13-24-16-2-1-6-21-11-16)22(12-15-3-9-25-14-15)17-10-19(17)4-7-20-8-5-19/h1-3,6,9,11,14,17,20H,4-5,7-8,10,12-13H2/t17-/m0/s1. The van der Waals surface area contributed by atoms with E-state index < -0.39 is 0 Å². The molecule has 3 heterocycles. The molecule has 2 aliphatic rings. The SMILES string of the molecule is O=C(COc1cccnc1)N(Cc1ccsc1)[C@H]1CC12CCNCC2. The van der Waals surface area contributed by atoms with E-state index in [1.807, 2.05) is 17.0 Å². The lowest BCUT2D eigenvalue weighted by molar-refractivity contribution is -0.135. The van der Waals surface area contributed by atoms with Gasteiger partial charge in [-0.15, -0.1) is 0 Å². The maximum atomic E-state index is 12.9. The number of ether oxygens (including phenoxy) is 1. The van der Waals surface area contributed by atoms with Gasteiger partial charge in [-0.2, -0.15) is 11.3 Å². The first-order valence-corrected chi connectivity index (χ1v) is 9.75. The molecule has 1 atom stereocenters. The Morgan fingerprint density at radius 1 is 1.40 bits per heavy atom. The first-order valence-electron chi connectivity index (χ1n) is 8.81. The van der Waals surface area contributed by atoms with Crippen molar-refractivity contribution < 1.29 is 9.53 Å². The Morgan fingerprint density at radius 3 is 3.00 bits per heavy atom. The molecular weight excluding hydrogens is 334 g/mol. The smallest absolute Gasteiger partial charge is 0.261 e. The molecule has 1 saturated carbocycles. The van der Waals surface area contributed by atoms with Crippen molar-refractivity contribution in [2.75, 3.05) is 19.7 Å². The van der Waals surface area contributed by atoms with E-state index in [1.165, 1.54) is 5.56 Å². The first-order chi connectivity index (χ1) is 12.3. The van der Waals surface area contributed by atoms with Crippen LogP contribution in [0.1, 0.15) is 24.8 Å². The maximum absolute atomic E-state index is 12.9. The van der Waals surface area contributed by atoms with Crippen molar-refractivity contribution in [1.82, 2.24) is 15.2 Å². The lowest BCUT2D eigenvalue weighted by Crippen LogP contribution is -2.41. The van der Waals surface area contributed by atoms with E-state index >= 15 is 0 Å². The van der Waals surface area contributed by atoms with E-state index in [-0.39, 0.29) is 12.5 Å². The average molecular weight is 357 g/mol. The van der Waals surface area contributed by atoms with Crippen LogP contribution in [-0.4, -0.2) is 41.5 Å². The van der Waals surface area contributed by atoms with E-state index in [2.05, 4.69) is 27.1 Å². The van der Waals surface area contributed by atoms with Gasteiger partial charge in [-0.3, -0.25) is 9.78 Å². The summed E-state index contributed by atoms with van der Waals surface area (Å²) in [6.45, 7) is 2.87. The number of rotatable bonds is 6. The molecule has 0 radical (unpaired) electrons. The van der Waals surface area contributed by atoms with E-state index in [0.29, 0.717) is 23.8 Å². The third kappa shape index (κ3) is 3.70. The second-order valence-electron chi connectivity index (χ2n) is 6.96. The molecular formula is C19H23N3O2S. The molecule has 2 aromatic rings. The van der Waals surface area contributed by atoms with Crippen LogP contribution in [0.3, 0.4) is 0 Å². The van der Waals surface area contributed by atoms with Gasteiger partial charge in [0.1, 0.15) is 5.75 Å². The number of hydrogen-bond donors (Lipinski definition) is 1. The number of carbonyl (C=O) groups is 1. The van der Waals surface area contributed by atoms with Gasteiger partial charge in [0, 0.05) is 18.8 Å². The fourth-order valence-corrected chi connectivity index (χ4v) is 4.50. The van der Waals surface area contributed by atoms with E-state index in [0.717, 1.165) is 32.4 Å². The number of thiophene rings is 1. The van der Waals surface area contributed by atoms with Gasteiger partial charge in [0.2, 0.25) is 0 Å². The molecule has 6 heteroatoms. The van der Waals surface area contributed by atoms with Crippen molar-refractivity contribution >= 4 is 17.2 Å². The molecule has 4 rings (SSSR count). The topological polar surface area (TPSA) is 54.5 Å². The third-order valence-corrected chi connectivity index (χ3v) is 6.10. The number of piperidine rings is 1. The Morgan fingerprint density at radius 2 is 2.28 bits per heavy atom. The normalized spacial score (nSPS) is 21.0. The first kappa shape index (κ1) is 16.5. The average Bonchev–Trinajstić information content (AvgIpc) is 3.08. The highest BCUT2D eigenvalue weighted by molar-refractivity contribution is 7.07. The summed E-state index contributed by atoms with van der Waals surface area (Å²) in [5, 5.41) is 7.62. The zero-order chi connectivity index (χ0) is 17.1. The van der Waals surface area contributed by atoms with E-state index in [9.17, 15) is 4.79 Å².